The van der Waals surface area contributed by atoms with Crippen molar-refractivity contribution in [2.24, 2.45) is 0 Å². The van der Waals surface area contributed by atoms with Gasteiger partial charge in [0, 0.05) is 17.5 Å². The SMILES string of the molecule is Cc1ccc2c(c1)P(C)(=O)S(=O)(=O)c1cc(C)ccc1-2. The van der Waals surface area contributed by atoms with Crippen LogP contribution in [0.1, 0.15) is 11.1 Å². The molecule has 1 unspecified atom stereocenters. The number of hydrogen-bond acceptors (Lipinski definition) is 3. The number of rotatable bonds is 0. The second-order valence-electron chi connectivity index (χ2n) is 5.34. The van der Waals surface area contributed by atoms with Gasteiger partial charge >= 0.3 is 0 Å². The van der Waals surface area contributed by atoms with Crippen LogP contribution in [0.2, 0.25) is 0 Å². The summed E-state index contributed by atoms with van der Waals surface area (Å²) in [6.45, 7) is 5.06. The highest BCUT2D eigenvalue weighted by atomic mass is 32.8. The van der Waals surface area contributed by atoms with Gasteiger partial charge in [-0.3, -0.25) is 0 Å². The predicted octanol–water partition coefficient (Wildman–Crippen LogP) is 3.29. The van der Waals surface area contributed by atoms with Crippen LogP contribution in [0.3, 0.4) is 0 Å². The zero-order chi connectivity index (χ0) is 14.7. The second kappa shape index (κ2) is 4.06. The maximum atomic E-state index is 12.9. The molecule has 0 fully saturated rings. The van der Waals surface area contributed by atoms with Gasteiger partial charge in [0.2, 0.25) is 15.8 Å². The minimum absolute atomic E-state index is 0.194. The lowest BCUT2D eigenvalue weighted by Gasteiger charge is -2.26. The van der Waals surface area contributed by atoms with E-state index in [0.717, 1.165) is 16.7 Å². The van der Waals surface area contributed by atoms with E-state index in [1.165, 1.54) is 6.66 Å². The highest BCUT2D eigenvalue weighted by Gasteiger charge is 2.43. The Balaban J connectivity index is 2.53. The molecule has 0 saturated heterocycles. The highest BCUT2D eigenvalue weighted by molar-refractivity contribution is 8.55. The lowest BCUT2D eigenvalue weighted by Crippen LogP contribution is -2.21. The van der Waals surface area contributed by atoms with Crippen molar-refractivity contribution in [1.82, 2.24) is 0 Å². The van der Waals surface area contributed by atoms with Gasteiger partial charge < -0.3 is 4.57 Å². The molecule has 0 saturated carbocycles. The Morgan fingerprint density at radius 3 is 2.10 bits per heavy atom. The molecule has 0 aliphatic carbocycles. The summed E-state index contributed by atoms with van der Waals surface area (Å²) in [5.74, 6) is 0. The molecular formula is C15H15O3PS. The normalized spacial score (nSPS) is 22.9. The molecule has 0 N–H and O–H groups in total. The van der Waals surface area contributed by atoms with Crippen LogP contribution >= 0.6 is 6.34 Å². The number of hydrogen-bond donors (Lipinski definition) is 0. The van der Waals surface area contributed by atoms with Gasteiger partial charge in [0.15, 0.2) is 0 Å². The zero-order valence-corrected chi connectivity index (χ0v) is 13.3. The smallest absolute Gasteiger partial charge is 0.233 e. The highest BCUT2D eigenvalue weighted by Crippen LogP contribution is 2.58. The molecule has 20 heavy (non-hydrogen) atoms. The summed E-state index contributed by atoms with van der Waals surface area (Å²) >= 11 is 0. The van der Waals surface area contributed by atoms with Crippen LogP contribution < -0.4 is 5.30 Å². The van der Waals surface area contributed by atoms with Crippen molar-refractivity contribution in [3.63, 3.8) is 0 Å². The Bertz CT molecular complexity index is 882. The molecule has 0 bridgehead atoms. The standard InChI is InChI=1S/C15H15O3PS/c1-10-4-6-12-13-7-5-11(2)9-15(13)20(17,18)19(3,16)14(12)8-10/h4-9H,1-3H3. The lowest BCUT2D eigenvalue weighted by atomic mass is 10.0. The van der Waals surface area contributed by atoms with E-state index in [-0.39, 0.29) is 4.90 Å². The van der Waals surface area contributed by atoms with E-state index < -0.39 is 15.8 Å². The van der Waals surface area contributed by atoms with E-state index >= 15 is 0 Å². The number of benzene rings is 2. The third-order valence-corrected chi connectivity index (χ3v) is 10.7. The maximum absolute atomic E-state index is 12.9. The summed E-state index contributed by atoms with van der Waals surface area (Å²) in [5, 5.41) is 0.453. The molecule has 1 atom stereocenters. The summed E-state index contributed by atoms with van der Waals surface area (Å²) in [6.07, 6.45) is -3.49. The molecular weight excluding hydrogens is 291 g/mol. The van der Waals surface area contributed by atoms with Gasteiger partial charge in [0.1, 0.15) is 0 Å². The third kappa shape index (κ3) is 1.65. The predicted molar refractivity (Wildman–Crippen MR) is 81.7 cm³/mol. The molecule has 1 heterocycles. The first kappa shape index (κ1) is 13.6. The molecule has 0 amide bonds. The van der Waals surface area contributed by atoms with Crippen LogP contribution in [-0.2, 0) is 14.0 Å². The molecule has 0 aromatic heterocycles. The van der Waals surface area contributed by atoms with E-state index in [1.54, 1.807) is 18.2 Å². The molecule has 104 valence electrons. The quantitative estimate of drug-likeness (QED) is 0.702. The van der Waals surface area contributed by atoms with Gasteiger partial charge in [0.25, 0.3) is 0 Å². The zero-order valence-electron chi connectivity index (χ0n) is 11.5. The minimum Gasteiger partial charge on any atom is -0.302 e. The molecule has 1 aliphatic rings. The van der Waals surface area contributed by atoms with Crippen molar-refractivity contribution in [2.45, 2.75) is 18.7 Å². The first-order chi connectivity index (χ1) is 9.25. The summed E-state index contributed by atoms with van der Waals surface area (Å²) in [7, 11) is -3.82. The fourth-order valence-corrected chi connectivity index (χ4v) is 7.89. The van der Waals surface area contributed by atoms with Crippen LogP contribution in [0.5, 0.6) is 0 Å². The van der Waals surface area contributed by atoms with Crippen molar-refractivity contribution < 1.29 is 13.0 Å². The van der Waals surface area contributed by atoms with Gasteiger partial charge in [-0.25, -0.2) is 8.42 Å². The van der Waals surface area contributed by atoms with Crippen LogP contribution in [0, 0.1) is 13.8 Å². The first-order valence-corrected chi connectivity index (χ1v) is 10.5. The summed E-state index contributed by atoms with van der Waals surface area (Å²) in [5.41, 5.74) is 3.18. The van der Waals surface area contributed by atoms with Crippen LogP contribution in [-0.4, -0.2) is 15.1 Å². The van der Waals surface area contributed by atoms with Crippen molar-refractivity contribution in [2.75, 3.05) is 6.66 Å². The van der Waals surface area contributed by atoms with E-state index in [2.05, 4.69) is 0 Å². The van der Waals surface area contributed by atoms with Gasteiger partial charge in [0.05, 0.1) is 4.90 Å². The van der Waals surface area contributed by atoms with Crippen LogP contribution in [0.25, 0.3) is 11.1 Å². The minimum atomic E-state index is -3.82. The largest absolute Gasteiger partial charge is 0.302 e. The maximum Gasteiger partial charge on any atom is 0.233 e. The fourth-order valence-electron chi connectivity index (χ4n) is 2.59. The van der Waals surface area contributed by atoms with Crippen molar-refractivity contribution in [1.29, 1.82) is 0 Å². The summed E-state index contributed by atoms with van der Waals surface area (Å²) in [6, 6.07) is 10.8. The van der Waals surface area contributed by atoms with Gasteiger partial charge in [-0.2, -0.15) is 0 Å². The van der Waals surface area contributed by atoms with Gasteiger partial charge in [-0.05, 0) is 37.1 Å². The Kier molecular flexibility index (Phi) is 2.76. The monoisotopic (exact) mass is 306 g/mol. The summed E-state index contributed by atoms with van der Waals surface area (Å²) < 4.78 is 38.3. The summed E-state index contributed by atoms with van der Waals surface area (Å²) in [4.78, 5) is 0.194. The Morgan fingerprint density at radius 1 is 0.900 bits per heavy atom. The molecule has 1 aliphatic heterocycles. The molecule has 2 aromatic rings. The molecule has 3 nitrogen and oxygen atoms in total. The van der Waals surface area contributed by atoms with Crippen molar-refractivity contribution in [3.8, 4) is 11.1 Å². The third-order valence-electron chi connectivity index (χ3n) is 3.75. The van der Waals surface area contributed by atoms with Crippen LogP contribution in [0.4, 0.5) is 0 Å². The fraction of sp³-hybridized carbons (Fsp3) is 0.200. The number of aryl methyl sites for hydroxylation is 2. The molecule has 3 rings (SSSR count). The van der Waals surface area contributed by atoms with Crippen LogP contribution in [0.15, 0.2) is 41.3 Å². The molecule has 5 heteroatoms. The average molecular weight is 306 g/mol. The van der Waals surface area contributed by atoms with E-state index in [0.29, 0.717) is 10.9 Å². The van der Waals surface area contributed by atoms with Gasteiger partial charge in [-0.15, -0.1) is 0 Å². The van der Waals surface area contributed by atoms with Gasteiger partial charge in [-0.1, -0.05) is 29.8 Å². The molecule has 0 spiro atoms. The number of fused-ring (bicyclic) bond motifs is 3. The Labute approximate surface area is 118 Å². The van der Waals surface area contributed by atoms with E-state index in [4.69, 9.17) is 0 Å². The Morgan fingerprint density at radius 2 is 1.45 bits per heavy atom. The van der Waals surface area contributed by atoms with E-state index in [1.807, 2.05) is 32.0 Å². The topological polar surface area (TPSA) is 51.2 Å². The van der Waals surface area contributed by atoms with Crippen molar-refractivity contribution in [3.05, 3.63) is 47.5 Å². The lowest BCUT2D eigenvalue weighted by molar-refractivity contribution is 0.578. The Hall–Kier alpha value is -1.38. The second-order valence-corrected chi connectivity index (χ2v) is 12.4. The van der Waals surface area contributed by atoms with E-state index in [9.17, 15) is 13.0 Å². The molecule has 2 aromatic carbocycles. The van der Waals surface area contributed by atoms with Crippen molar-refractivity contribution >= 4 is 21.1 Å². The molecule has 0 radical (unpaired) electrons. The average Bonchev–Trinajstić information content (AvgIpc) is 2.37. The first-order valence-electron chi connectivity index (χ1n) is 6.30.